The van der Waals surface area contributed by atoms with Crippen molar-refractivity contribution in [2.45, 2.75) is 18.4 Å². The van der Waals surface area contributed by atoms with Crippen LogP contribution in [0.25, 0.3) is 0 Å². The number of fused-ring (bicyclic) bond motifs is 2. The van der Waals surface area contributed by atoms with E-state index in [4.69, 9.17) is 0 Å². The zero-order valence-corrected chi connectivity index (χ0v) is 17.7. The number of rotatable bonds is 0. The van der Waals surface area contributed by atoms with Crippen LogP contribution in [0.3, 0.4) is 0 Å². The van der Waals surface area contributed by atoms with Gasteiger partial charge in [0.1, 0.15) is 0 Å². The van der Waals surface area contributed by atoms with E-state index in [9.17, 15) is 5.11 Å². The van der Waals surface area contributed by atoms with Crippen molar-refractivity contribution in [1.82, 2.24) is 0 Å². The molecular formula is C31H22O. The van der Waals surface area contributed by atoms with Gasteiger partial charge in [-0.1, -0.05) is 103 Å². The van der Waals surface area contributed by atoms with Gasteiger partial charge in [-0.05, 0) is 48.2 Å². The standard InChI is InChI=1S/C31H22O/c32-31(29-16-8-6-14-27(29)20-21-28-15-7-9-17-30(28)31)23-22-26-13-5-4-12-25(26)19-18-24-10-2-1-3-11-24/h1-17,32H,20-21H2. The van der Waals surface area contributed by atoms with Gasteiger partial charge in [-0.3, -0.25) is 0 Å². The van der Waals surface area contributed by atoms with Crippen LogP contribution in [0.5, 0.6) is 0 Å². The second-order valence-electron chi connectivity index (χ2n) is 7.94. The first-order chi connectivity index (χ1) is 15.7. The third-order valence-electron chi connectivity index (χ3n) is 5.90. The molecule has 0 aliphatic heterocycles. The smallest absolute Gasteiger partial charge is 0.177 e. The third-order valence-corrected chi connectivity index (χ3v) is 5.90. The van der Waals surface area contributed by atoms with E-state index in [2.05, 4.69) is 35.8 Å². The second-order valence-corrected chi connectivity index (χ2v) is 7.94. The van der Waals surface area contributed by atoms with Gasteiger partial charge in [0.15, 0.2) is 5.60 Å². The summed E-state index contributed by atoms with van der Waals surface area (Å²) in [4.78, 5) is 0. The van der Waals surface area contributed by atoms with Gasteiger partial charge in [0.2, 0.25) is 0 Å². The molecule has 0 unspecified atom stereocenters. The van der Waals surface area contributed by atoms with Crippen LogP contribution < -0.4 is 0 Å². The van der Waals surface area contributed by atoms with Crippen LogP contribution in [-0.4, -0.2) is 5.11 Å². The number of hydrogen-bond acceptors (Lipinski definition) is 1. The minimum absolute atomic E-state index is 0.809. The summed E-state index contributed by atoms with van der Waals surface area (Å²) >= 11 is 0. The summed E-state index contributed by atoms with van der Waals surface area (Å²) in [5.41, 5.74) is 5.25. The molecule has 0 spiro atoms. The molecule has 4 aromatic carbocycles. The molecule has 4 aromatic rings. The number of aliphatic hydroxyl groups is 1. The van der Waals surface area contributed by atoms with Gasteiger partial charge in [0.25, 0.3) is 0 Å². The van der Waals surface area contributed by atoms with E-state index in [1.165, 1.54) is 0 Å². The van der Waals surface area contributed by atoms with Crippen molar-refractivity contribution in [3.05, 3.63) is 142 Å². The predicted octanol–water partition coefficient (Wildman–Crippen LogP) is 5.47. The van der Waals surface area contributed by atoms with Crippen molar-refractivity contribution in [3.8, 4) is 23.7 Å². The minimum atomic E-state index is -1.37. The SMILES string of the molecule is OC1(C#Cc2ccccc2C#Cc2ccccc2)c2ccccc2CCc2ccccc21. The third kappa shape index (κ3) is 3.83. The predicted molar refractivity (Wildman–Crippen MR) is 129 cm³/mol. The van der Waals surface area contributed by atoms with Crippen LogP contribution in [0.2, 0.25) is 0 Å². The topological polar surface area (TPSA) is 20.2 Å². The lowest BCUT2D eigenvalue weighted by atomic mass is 9.83. The van der Waals surface area contributed by atoms with Gasteiger partial charge in [-0.2, -0.15) is 0 Å². The first kappa shape index (κ1) is 19.9. The molecule has 5 rings (SSSR count). The molecule has 0 saturated carbocycles. The molecule has 0 aromatic heterocycles. The highest BCUT2D eigenvalue weighted by Gasteiger charge is 2.35. The summed E-state index contributed by atoms with van der Waals surface area (Å²) in [7, 11) is 0. The van der Waals surface area contributed by atoms with Crippen LogP contribution in [0.4, 0.5) is 0 Å². The van der Waals surface area contributed by atoms with E-state index in [0.717, 1.165) is 51.8 Å². The largest absolute Gasteiger partial charge is 0.369 e. The molecule has 0 atom stereocenters. The molecule has 0 fully saturated rings. The van der Waals surface area contributed by atoms with Crippen LogP contribution in [-0.2, 0) is 18.4 Å². The first-order valence-corrected chi connectivity index (χ1v) is 10.8. The van der Waals surface area contributed by atoms with Gasteiger partial charge < -0.3 is 5.11 Å². The average Bonchev–Trinajstić information content (AvgIpc) is 2.98. The Balaban J connectivity index is 1.63. The Hall–Kier alpha value is -4.04. The lowest BCUT2D eigenvalue weighted by molar-refractivity contribution is 0.144. The fraction of sp³-hybridized carbons (Fsp3) is 0.0968. The number of benzene rings is 4. The highest BCUT2D eigenvalue weighted by atomic mass is 16.3. The molecule has 0 radical (unpaired) electrons. The van der Waals surface area contributed by atoms with Crippen molar-refractivity contribution in [3.63, 3.8) is 0 Å². The Labute approximate surface area is 189 Å². The number of aryl methyl sites for hydroxylation is 2. The van der Waals surface area contributed by atoms with E-state index in [-0.39, 0.29) is 0 Å². The average molecular weight is 411 g/mol. The van der Waals surface area contributed by atoms with Crippen LogP contribution in [0.15, 0.2) is 103 Å². The quantitative estimate of drug-likeness (QED) is 0.381. The Morgan fingerprint density at radius 3 is 1.66 bits per heavy atom. The Bertz CT molecular complexity index is 1340. The molecule has 152 valence electrons. The maximum absolute atomic E-state index is 12.0. The summed E-state index contributed by atoms with van der Waals surface area (Å²) in [6.07, 6.45) is 1.77. The van der Waals surface area contributed by atoms with Gasteiger partial charge in [0.05, 0.1) is 0 Å². The van der Waals surface area contributed by atoms with E-state index >= 15 is 0 Å². The zero-order valence-electron chi connectivity index (χ0n) is 17.7. The number of hydrogen-bond donors (Lipinski definition) is 1. The van der Waals surface area contributed by atoms with Crippen LogP contribution in [0, 0.1) is 23.7 Å². The highest BCUT2D eigenvalue weighted by molar-refractivity contribution is 5.57. The highest BCUT2D eigenvalue weighted by Crippen LogP contribution is 2.37. The normalized spacial score (nSPS) is 13.3. The summed E-state index contributed by atoms with van der Waals surface area (Å²) in [6.45, 7) is 0. The fourth-order valence-corrected chi connectivity index (χ4v) is 4.25. The lowest BCUT2D eigenvalue weighted by Gasteiger charge is -2.25. The summed E-state index contributed by atoms with van der Waals surface area (Å²) < 4.78 is 0. The molecule has 1 heteroatoms. The lowest BCUT2D eigenvalue weighted by Crippen LogP contribution is -2.26. The van der Waals surface area contributed by atoms with Crippen molar-refractivity contribution in [1.29, 1.82) is 0 Å². The maximum atomic E-state index is 12.0. The molecule has 1 N–H and O–H groups in total. The molecule has 32 heavy (non-hydrogen) atoms. The van der Waals surface area contributed by atoms with Crippen molar-refractivity contribution in [2.75, 3.05) is 0 Å². The Morgan fingerprint density at radius 2 is 1.03 bits per heavy atom. The van der Waals surface area contributed by atoms with E-state index in [1.807, 2.05) is 91.0 Å². The fourth-order valence-electron chi connectivity index (χ4n) is 4.25. The molecular weight excluding hydrogens is 388 g/mol. The zero-order chi connectivity index (χ0) is 21.8. The molecule has 0 amide bonds. The van der Waals surface area contributed by atoms with Gasteiger partial charge >= 0.3 is 0 Å². The van der Waals surface area contributed by atoms with Crippen molar-refractivity contribution in [2.24, 2.45) is 0 Å². The molecule has 0 heterocycles. The molecule has 0 saturated heterocycles. The first-order valence-electron chi connectivity index (χ1n) is 10.8. The molecule has 0 bridgehead atoms. The van der Waals surface area contributed by atoms with Crippen LogP contribution in [0.1, 0.15) is 38.9 Å². The second kappa shape index (κ2) is 8.60. The van der Waals surface area contributed by atoms with Gasteiger partial charge in [-0.25, -0.2) is 0 Å². The molecule has 1 nitrogen and oxygen atoms in total. The summed E-state index contributed by atoms with van der Waals surface area (Å²) in [5, 5.41) is 12.0. The van der Waals surface area contributed by atoms with E-state index < -0.39 is 5.60 Å². The molecule has 1 aliphatic rings. The maximum Gasteiger partial charge on any atom is 0.177 e. The summed E-state index contributed by atoms with van der Waals surface area (Å²) in [6, 6.07) is 33.9. The molecule has 1 aliphatic carbocycles. The minimum Gasteiger partial charge on any atom is -0.369 e. The van der Waals surface area contributed by atoms with Crippen LogP contribution >= 0.6 is 0 Å². The van der Waals surface area contributed by atoms with Crippen molar-refractivity contribution >= 4 is 0 Å². The Morgan fingerprint density at radius 1 is 0.531 bits per heavy atom. The monoisotopic (exact) mass is 410 g/mol. The van der Waals surface area contributed by atoms with Gasteiger partial charge in [0, 0.05) is 27.8 Å². The van der Waals surface area contributed by atoms with Crippen molar-refractivity contribution < 1.29 is 5.11 Å². The van der Waals surface area contributed by atoms with E-state index in [1.54, 1.807) is 0 Å². The Kier molecular flexibility index (Phi) is 5.35. The van der Waals surface area contributed by atoms with Gasteiger partial charge in [-0.15, -0.1) is 0 Å². The summed E-state index contributed by atoms with van der Waals surface area (Å²) in [5.74, 6) is 13.0. The van der Waals surface area contributed by atoms with E-state index in [0.29, 0.717) is 0 Å².